The fourth-order valence-corrected chi connectivity index (χ4v) is 6.63. The van der Waals surface area contributed by atoms with Crippen LogP contribution >= 0.6 is 0 Å². The number of piperidine rings is 1. The third-order valence-corrected chi connectivity index (χ3v) is 8.80. The molecule has 1 aliphatic heterocycles. The number of amides is 1. The van der Waals surface area contributed by atoms with Gasteiger partial charge in [-0.2, -0.15) is 0 Å². The lowest BCUT2D eigenvalue weighted by Crippen LogP contribution is -2.42. The van der Waals surface area contributed by atoms with Gasteiger partial charge in [0, 0.05) is 24.4 Å². The van der Waals surface area contributed by atoms with E-state index in [2.05, 4.69) is 52.7 Å². The largest absolute Gasteiger partial charge is 0.355 e. The number of carbonyl (C=O) groups excluding carboxylic acids is 1. The molecule has 1 aromatic carbocycles. The van der Waals surface area contributed by atoms with Crippen molar-refractivity contribution in [2.75, 3.05) is 26.2 Å². The molecule has 3 nitrogen and oxygen atoms in total. The van der Waals surface area contributed by atoms with E-state index >= 15 is 0 Å². The van der Waals surface area contributed by atoms with E-state index in [0.717, 1.165) is 18.9 Å². The van der Waals surface area contributed by atoms with Crippen molar-refractivity contribution < 1.29 is 4.79 Å². The Morgan fingerprint density at radius 2 is 1.80 bits per heavy atom. The molecule has 30 heavy (non-hydrogen) atoms. The maximum atomic E-state index is 13.1. The number of rotatable bonds is 6. The van der Waals surface area contributed by atoms with Gasteiger partial charge in [-0.1, -0.05) is 55.3 Å². The molecule has 4 aliphatic rings. The van der Waals surface area contributed by atoms with E-state index in [1.165, 1.54) is 83.0 Å². The summed E-state index contributed by atoms with van der Waals surface area (Å²) in [5.41, 5.74) is 1.90. The first kappa shape index (κ1) is 20.3. The molecule has 2 saturated carbocycles. The summed E-state index contributed by atoms with van der Waals surface area (Å²) >= 11 is 0. The highest BCUT2D eigenvalue weighted by Gasteiger charge is 2.58. The lowest BCUT2D eigenvalue weighted by atomic mass is 9.78. The third kappa shape index (κ3) is 4.10. The Bertz CT molecular complexity index is 756. The van der Waals surface area contributed by atoms with Crippen LogP contribution in [0.5, 0.6) is 0 Å². The Kier molecular flexibility index (Phi) is 5.75. The van der Waals surface area contributed by atoms with Crippen LogP contribution in [0.4, 0.5) is 0 Å². The Labute approximate surface area is 182 Å². The molecule has 0 radical (unpaired) electrons. The average molecular weight is 407 g/mol. The topological polar surface area (TPSA) is 32.3 Å². The Morgan fingerprint density at radius 3 is 2.50 bits per heavy atom. The van der Waals surface area contributed by atoms with Crippen molar-refractivity contribution in [3.63, 3.8) is 0 Å². The van der Waals surface area contributed by atoms with Gasteiger partial charge in [0.25, 0.3) is 0 Å². The van der Waals surface area contributed by atoms with E-state index in [4.69, 9.17) is 0 Å². The number of hydrogen-bond acceptors (Lipinski definition) is 2. The Morgan fingerprint density at radius 1 is 1.03 bits per heavy atom. The second-order valence-corrected chi connectivity index (χ2v) is 10.6. The van der Waals surface area contributed by atoms with E-state index in [-0.39, 0.29) is 11.3 Å². The average Bonchev–Trinajstić information content (AvgIpc) is 3.27. The molecule has 1 spiro atoms. The van der Waals surface area contributed by atoms with Crippen molar-refractivity contribution >= 4 is 5.91 Å². The highest BCUT2D eigenvalue weighted by Crippen LogP contribution is 2.59. The second-order valence-electron chi connectivity index (χ2n) is 10.6. The molecule has 162 valence electrons. The maximum absolute atomic E-state index is 13.1. The lowest BCUT2D eigenvalue weighted by Gasteiger charge is -2.35. The van der Waals surface area contributed by atoms with Crippen LogP contribution < -0.4 is 5.32 Å². The summed E-state index contributed by atoms with van der Waals surface area (Å²) in [6.07, 6.45) is 17.1. The monoisotopic (exact) mass is 406 g/mol. The first-order chi connectivity index (χ1) is 14.7. The summed E-state index contributed by atoms with van der Waals surface area (Å²) in [4.78, 5) is 15.7. The Balaban J connectivity index is 1.12. The number of likely N-dealkylation sites (tertiary alicyclic amines) is 1. The number of allylic oxidation sites excluding steroid dienone is 2. The van der Waals surface area contributed by atoms with Crippen LogP contribution in [0.25, 0.3) is 0 Å². The summed E-state index contributed by atoms with van der Waals surface area (Å²) in [6, 6.07) is 10.9. The SMILES string of the molecule is O=C(NCC1(c2ccccc2)CCCC1)C1CC12CCN(CC1CC=CCC1)CC2. The van der Waals surface area contributed by atoms with Gasteiger partial charge in [0.05, 0.1) is 0 Å². The molecule has 3 heteroatoms. The van der Waals surface area contributed by atoms with Gasteiger partial charge in [0.15, 0.2) is 0 Å². The minimum atomic E-state index is 0.163. The number of nitrogens with zero attached hydrogens (tertiary/aromatic N) is 1. The van der Waals surface area contributed by atoms with Crippen LogP contribution in [0.2, 0.25) is 0 Å². The van der Waals surface area contributed by atoms with Gasteiger partial charge in [-0.3, -0.25) is 4.79 Å². The normalized spacial score (nSPS) is 29.7. The molecule has 1 aromatic rings. The molecule has 2 unspecified atom stereocenters. The van der Waals surface area contributed by atoms with Crippen molar-refractivity contribution in [3.05, 3.63) is 48.0 Å². The van der Waals surface area contributed by atoms with Gasteiger partial charge >= 0.3 is 0 Å². The van der Waals surface area contributed by atoms with Crippen molar-refractivity contribution in [2.24, 2.45) is 17.3 Å². The predicted molar refractivity (Wildman–Crippen MR) is 122 cm³/mol. The zero-order chi connectivity index (χ0) is 20.4. The number of nitrogens with one attached hydrogen (secondary N) is 1. The van der Waals surface area contributed by atoms with Crippen molar-refractivity contribution in [1.82, 2.24) is 10.2 Å². The number of hydrogen-bond donors (Lipinski definition) is 1. The van der Waals surface area contributed by atoms with E-state index in [1.54, 1.807) is 0 Å². The first-order valence-electron chi connectivity index (χ1n) is 12.4. The van der Waals surface area contributed by atoms with Crippen LogP contribution in [0, 0.1) is 17.3 Å². The van der Waals surface area contributed by atoms with Gasteiger partial charge in [-0.05, 0) is 81.4 Å². The highest BCUT2D eigenvalue weighted by atomic mass is 16.2. The summed E-state index contributed by atoms with van der Waals surface area (Å²) in [5, 5.41) is 3.41. The molecule has 1 N–H and O–H groups in total. The molecule has 0 aromatic heterocycles. The van der Waals surface area contributed by atoms with Gasteiger partial charge in [-0.15, -0.1) is 0 Å². The van der Waals surface area contributed by atoms with Gasteiger partial charge in [0.2, 0.25) is 5.91 Å². The summed E-state index contributed by atoms with van der Waals surface area (Å²) in [5.74, 6) is 1.46. The van der Waals surface area contributed by atoms with Crippen LogP contribution in [0.15, 0.2) is 42.5 Å². The van der Waals surface area contributed by atoms with Crippen LogP contribution in [-0.4, -0.2) is 37.0 Å². The molecular formula is C27H38N2O. The summed E-state index contributed by atoms with van der Waals surface area (Å²) < 4.78 is 0. The van der Waals surface area contributed by atoms with Gasteiger partial charge in [0.1, 0.15) is 0 Å². The summed E-state index contributed by atoms with van der Waals surface area (Å²) in [6.45, 7) is 4.47. The zero-order valence-electron chi connectivity index (χ0n) is 18.5. The predicted octanol–water partition coefficient (Wildman–Crippen LogP) is 5.07. The zero-order valence-corrected chi connectivity index (χ0v) is 18.5. The third-order valence-electron chi connectivity index (χ3n) is 8.80. The summed E-state index contributed by atoms with van der Waals surface area (Å²) in [7, 11) is 0. The molecule has 3 fully saturated rings. The molecule has 3 aliphatic carbocycles. The molecule has 1 saturated heterocycles. The fraction of sp³-hybridized carbons (Fsp3) is 0.667. The van der Waals surface area contributed by atoms with Crippen LogP contribution in [0.3, 0.4) is 0 Å². The highest BCUT2D eigenvalue weighted by molar-refractivity contribution is 5.82. The minimum Gasteiger partial charge on any atom is -0.355 e. The van der Waals surface area contributed by atoms with Gasteiger partial charge in [-0.25, -0.2) is 0 Å². The van der Waals surface area contributed by atoms with E-state index < -0.39 is 0 Å². The smallest absolute Gasteiger partial charge is 0.223 e. The van der Waals surface area contributed by atoms with Crippen molar-refractivity contribution in [3.8, 4) is 0 Å². The quantitative estimate of drug-likeness (QED) is 0.669. The van der Waals surface area contributed by atoms with Gasteiger partial charge < -0.3 is 10.2 Å². The minimum absolute atomic E-state index is 0.163. The van der Waals surface area contributed by atoms with Crippen LogP contribution in [0.1, 0.15) is 69.8 Å². The van der Waals surface area contributed by atoms with Crippen molar-refractivity contribution in [2.45, 2.75) is 69.6 Å². The van der Waals surface area contributed by atoms with E-state index in [1.807, 2.05) is 0 Å². The fourth-order valence-electron chi connectivity index (χ4n) is 6.63. The molecule has 0 bridgehead atoms. The first-order valence-corrected chi connectivity index (χ1v) is 12.4. The number of benzene rings is 1. The molecule has 5 rings (SSSR count). The van der Waals surface area contributed by atoms with E-state index in [0.29, 0.717) is 11.3 Å². The maximum Gasteiger partial charge on any atom is 0.223 e. The molecule has 1 amide bonds. The molecular weight excluding hydrogens is 368 g/mol. The molecule has 1 heterocycles. The van der Waals surface area contributed by atoms with Crippen LogP contribution in [-0.2, 0) is 10.2 Å². The number of carbonyl (C=O) groups is 1. The van der Waals surface area contributed by atoms with E-state index in [9.17, 15) is 4.79 Å². The standard InChI is InChI=1S/C27H38N2O/c30-25(28-21-27(13-7-8-14-27)23-11-5-2-6-12-23)24-19-26(24)15-17-29(18-16-26)20-22-9-3-1-4-10-22/h1-3,5-6,11-12,22,24H,4,7-10,13-21H2,(H,28,30). The second kappa shape index (κ2) is 8.49. The lowest BCUT2D eigenvalue weighted by molar-refractivity contribution is -0.123. The molecule has 2 atom stereocenters. The Hall–Kier alpha value is -1.61. The van der Waals surface area contributed by atoms with Crippen molar-refractivity contribution in [1.29, 1.82) is 0 Å².